The van der Waals surface area contributed by atoms with Gasteiger partial charge in [-0.15, -0.1) is 0 Å². The first-order valence-electron chi connectivity index (χ1n) is 6.38. The van der Waals surface area contributed by atoms with Gasteiger partial charge in [0.15, 0.2) is 0 Å². The van der Waals surface area contributed by atoms with Crippen LogP contribution in [-0.4, -0.2) is 25.0 Å². The fraction of sp³-hybridized carbons (Fsp3) is 0.500. The van der Waals surface area contributed by atoms with E-state index in [0.29, 0.717) is 24.3 Å². The lowest BCUT2D eigenvalue weighted by molar-refractivity contribution is -0.121. The van der Waals surface area contributed by atoms with Gasteiger partial charge in [0.05, 0.1) is 0 Å². The molecule has 3 rings (SSSR count). The maximum absolute atomic E-state index is 11.8. The third kappa shape index (κ3) is 2.34. The lowest BCUT2D eigenvalue weighted by Crippen LogP contribution is -2.32. The van der Waals surface area contributed by atoms with E-state index in [1.54, 1.807) is 0 Å². The molecule has 1 saturated heterocycles. The average Bonchev–Trinajstić information content (AvgIpc) is 2.79. The molecule has 0 bridgehead atoms. The van der Waals surface area contributed by atoms with Gasteiger partial charge in [-0.2, -0.15) is 0 Å². The number of nitrogens with one attached hydrogen (secondary N) is 2. The summed E-state index contributed by atoms with van der Waals surface area (Å²) in [5.41, 5.74) is 1.24. The van der Waals surface area contributed by atoms with Gasteiger partial charge in [-0.1, -0.05) is 30.3 Å². The number of piperidine rings is 1. The van der Waals surface area contributed by atoms with Crippen molar-refractivity contribution in [3.63, 3.8) is 0 Å². The summed E-state index contributed by atoms with van der Waals surface area (Å²) in [6.45, 7) is 2.16. The molecule has 2 N–H and O–H groups in total. The van der Waals surface area contributed by atoms with Crippen LogP contribution >= 0.6 is 0 Å². The van der Waals surface area contributed by atoms with E-state index in [1.807, 2.05) is 18.2 Å². The van der Waals surface area contributed by atoms with Crippen molar-refractivity contribution in [1.29, 1.82) is 0 Å². The van der Waals surface area contributed by atoms with E-state index in [2.05, 4.69) is 22.8 Å². The molecule has 1 amide bonds. The number of benzene rings is 1. The Bertz CT molecular complexity index is 394. The monoisotopic (exact) mass is 230 g/mol. The van der Waals surface area contributed by atoms with Gasteiger partial charge < -0.3 is 10.6 Å². The molecule has 2 aliphatic rings. The fourth-order valence-corrected chi connectivity index (χ4v) is 2.79. The van der Waals surface area contributed by atoms with Crippen LogP contribution in [0.3, 0.4) is 0 Å². The molecule has 2 unspecified atom stereocenters. The number of hydrogen-bond donors (Lipinski definition) is 2. The largest absolute Gasteiger partial charge is 0.353 e. The van der Waals surface area contributed by atoms with Crippen molar-refractivity contribution < 1.29 is 4.79 Å². The highest BCUT2D eigenvalue weighted by atomic mass is 16.1. The van der Waals surface area contributed by atoms with E-state index < -0.39 is 0 Å². The maximum atomic E-state index is 11.8. The van der Waals surface area contributed by atoms with Crippen LogP contribution in [0.1, 0.15) is 12.0 Å². The highest BCUT2D eigenvalue weighted by Gasteiger charge is 2.53. The van der Waals surface area contributed by atoms with Crippen molar-refractivity contribution in [3.8, 4) is 0 Å². The molecule has 90 valence electrons. The predicted molar refractivity (Wildman–Crippen MR) is 66.5 cm³/mol. The standard InChI is InChI=1S/C14H18N2O/c17-13(7-6-10-4-2-1-3-5-10)16-14-11-8-15-9-12(11)14/h1-5,11-12,14-15H,6-9H2,(H,16,17). The molecule has 3 nitrogen and oxygen atoms in total. The van der Waals surface area contributed by atoms with Crippen LogP contribution in [0.4, 0.5) is 0 Å². The fourth-order valence-electron chi connectivity index (χ4n) is 2.79. The van der Waals surface area contributed by atoms with E-state index in [4.69, 9.17) is 0 Å². The molecule has 2 atom stereocenters. The minimum absolute atomic E-state index is 0.202. The number of amides is 1. The molecule has 0 spiro atoms. The first-order chi connectivity index (χ1) is 8.34. The summed E-state index contributed by atoms with van der Waals surface area (Å²) in [6, 6.07) is 10.6. The Kier molecular flexibility index (Phi) is 2.85. The molecule has 1 aliphatic carbocycles. The Labute approximate surface area is 102 Å². The first-order valence-corrected chi connectivity index (χ1v) is 6.38. The summed E-state index contributed by atoms with van der Waals surface area (Å²) < 4.78 is 0. The zero-order valence-corrected chi connectivity index (χ0v) is 9.86. The molecule has 1 heterocycles. The second kappa shape index (κ2) is 4.49. The van der Waals surface area contributed by atoms with Crippen LogP contribution in [0.25, 0.3) is 0 Å². The van der Waals surface area contributed by atoms with Crippen LogP contribution in [0.2, 0.25) is 0 Å². The Morgan fingerprint density at radius 1 is 1.24 bits per heavy atom. The van der Waals surface area contributed by atoms with E-state index in [-0.39, 0.29) is 5.91 Å². The second-order valence-electron chi connectivity index (χ2n) is 5.06. The number of carbonyl (C=O) groups excluding carboxylic acids is 1. The van der Waals surface area contributed by atoms with Crippen LogP contribution in [-0.2, 0) is 11.2 Å². The Hall–Kier alpha value is -1.35. The number of hydrogen-bond acceptors (Lipinski definition) is 2. The minimum atomic E-state index is 0.202. The van der Waals surface area contributed by atoms with Crippen LogP contribution in [0.5, 0.6) is 0 Å². The number of carbonyl (C=O) groups is 1. The van der Waals surface area contributed by atoms with Crippen LogP contribution < -0.4 is 10.6 Å². The van der Waals surface area contributed by atoms with Crippen LogP contribution in [0, 0.1) is 11.8 Å². The molecule has 1 saturated carbocycles. The van der Waals surface area contributed by atoms with E-state index in [0.717, 1.165) is 19.5 Å². The molecular formula is C14H18N2O. The predicted octanol–water partition coefficient (Wildman–Crippen LogP) is 0.953. The summed E-state index contributed by atoms with van der Waals surface area (Å²) >= 11 is 0. The summed E-state index contributed by atoms with van der Waals surface area (Å²) in [5, 5.41) is 6.48. The quantitative estimate of drug-likeness (QED) is 0.808. The zero-order valence-electron chi connectivity index (χ0n) is 9.86. The summed E-state index contributed by atoms with van der Waals surface area (Å²) in [6.07, 6.45) is 1.44. The third-order valence-corrected chi connectivity index (χ3v) is 3.90. The molecule has 1 aromatic carbocycles. The molecule has 1 aliphatic heterocycles. The van der Waals surface area contributed by atoms with Crippen molar-refractivity contribution >= 4 is 5.91 Å². The Morgan fingerprint density at radius 3 is 2.65 bits per heavy atom. The SMILES string of the molecule is O=C(CCc1ccccc1)NC1C2CNCC21. The molecular weight excluding hydrogens is 212 g/mol. The van der Waals surface area contributed by atoms with Crippen molar-refractivity contribution in [2.75, 3.05) is 13.1 Å². The van der Waals surface area contributed by atoms with Crippen LogP contribution in [0.15, 0.2) is 30.3 Å². The van der Waals surface area contributed by atoms with Gasteiger partial charge in [-0.25, -0.2) is 0 Å². The number of fused-ring (bicyclic) bond motifs is 1. The molecule has 17 heavy (non-hydrogen) atoms. The highest BCUT2D eigenvalue weighted by molar-refractivity contribution is 5.77. The minimum Gasteiger partial charge on any atom is -0.353 e. The van der Waals surface area contributed by atoms with E-state index in [1.165, 1.54) is 5.56 Å². The lowest BCUT2D eigenvalue weighted by atomic mass is 10.1. The number of aryl methyl sites for hydroxylation is 1. The third-order valence-electron chi connectivity index (χ3n) is 3.90. The summed E-state index contributed by atoms with van der Waals surface area (Å²) in [4.78, 5) is 11.8. The van der Waals surface area contributed by atoms with Gasteiger partial charge in [-0.05, 0) is 23.8 Å². The van der Waals surface area contributed by atoms with Crippen molar-refractivity contribution in [3.05, 3.63) is 35.9 Å². The van der Waals surface area contributed by atoms with Gasteiger partial charge in [0, 0.05) is 25.6 Å². The smallest absolute Gasteiger partial charge is 0.220 e. The Morgan fingerprint density at radius 2 is 1.94 bits per heavy atom. The van der Waals surface area contributed by atoms with E-state index in [9.17, 15) is 4.79 Å². The van der Waals surface area contributed by atoms with E-state index >= 15 is 0 Å². The van der Waals surface area contributed by atoms with Gasteiger partial charge in [0.25, 0.3) is 0 Å². The molecule has 2 fully saturated rings. The molecule has 0 radical (unpaired) electrons. The molecule has 3 heteroatoms. The lowest BCUT2D eigenvalue weighted by Gasteiger charge is -2.07. The Balaban J connectivity index is 1.42. The normalized spacial score (nSPS) is 29.8. The zero-order chi connectivity index (χ0) is 11.7. The summed E-state index contributed by atoms with van der Waals surface area (Å²) in [7, 11) is 0. The van der Waals surface area contributed by atoms with Gasteiger partial charge in [0.1, 0.15) is 0 Å². The van der Waals surface area contributed by atoms with Crippen molar-refractivity contribution in [2.24, 2.45) is 11.8 Å². The number of rotatable bonds is 4. The maximum Gasteiger partial charge on any atom is 0.220 e. The van der Waals surface area contributed by atoms with Gasteiger partial charge >= 0.3 is 0 Å². The molecule has 1 aromatic rings. The van der Waals surface area contributed by atoms with Gasteiger partial charge in [0.2, 0.25) is 5.91 Å². The molecule has 0 aromatic heterocycles. The second-order valence-corrected chi connectivity index (χ2v) is 5.06. The van der Waals surface area contributed by atoms with Gasteiger partial charge in [-0.3, -0.25) is 4.79 Å². The topological polar surface area (TPSA) is 41.1 Å². The first kappa shape index (κ1) is 10.8. The van der Waals surface area contributed by atoms with Crippen molar-refractivity contribution in [1.82, 2.24) is 10.6 Å². The average molecular weight is 230 g/mol. The summed E-state index contributed by atoms with van der Waals surface area (Å²) in [5.74, 6) is 1.61. The highest BCUT2D eigenvalue weighted by Crippen LogP contribution is 2.41. The van der Waals surface area contributed by atoms with Crippen molar-refractivity contribution in [2.45, 2.75) is 18.9 Å².